The molecule has 1 heterocycles. The molecule has 3 atom stereocenters. The molecular formula is C12H17BrN4O3. The highest BCUT2D eigenvalue weighted by Crippen LogP contribution is 2.30. The molecule has 0 amide bonds. The molecule has 1 aromatic heterocycles. The summed E-state index contributed by atoms with van der Waals surface area (Å²) in [6.07, 6.45) is 3.68. The predicted molar refractivity (Wildman–Crippen MR) is 78.6 cm³/mol. The minimum atomic E-state index is -0.446. The van der Waals surface area contributed by atoms with Crippen LogP contribution < -0.4 is 11.1 Å². The number of pyridine rings is 1. The van der Waals surface area contributed by atoms with E-state index >= 15 is 0 Å². The average molecular weight is 345 g/mol. The van der Waals surface area contributed by atoms with Gasteiger partial charge in [-0.05, 0) is 35.2 Å². The number of ether oxygens (including phenoxy) is 1. The van der Waals surface area contributed by atoms with Gasteiger partial charge in [0, 0.05) is 25.3 Å². The number of hydrogen-bond acceptors (Lipinski definition) is 6. The molecule has 0 spiro atoms. The summed E-state index contributed by atoms with van der Waals surface area (Å²) in [7, 11) is 1.66. The summed E-state index contributed by atoms with van der Waals surface area (Å²) in [5.74, 6) is 0. The van der Waals surface area contributed by atoms with E-state index in [1.165, 1.54) is 6.20 Å². The van der Waals surface area contributed by atoms with Crippen LogP contribution in [0.1, 0.15) is 19.3 Å². The first kappa shape index (κ1) is 15.1. The number of anilines is 1. The number of methoxy groups -OCH3 is 1. The maximum atomic E-state index is 11.0. The third-order valence-corrected chi connectivity index (χ3v) is 3.87. The number of halogens is 1. The van der Waals surface area contributed by atoms with Crippen molar-refractivity contribution in [3.05, 3.63) is 27.0 Å². The fourth-order valence-electron chi connectivity index (χ4n) is 2.52. The van der Waals surface area contributed by atoms with Crippen molar-refractivity contribution in [2.24, 2.45) is 5.73 Å². The lowest BCUT2D eigenvalue weighted by Crippen LogP contribution is -2.42. The Labute approximate surface area is 125 Å². The standard InChI is InChI=1S/C12H17BrN4O3/c1-20-9-3-7(14)2-8(4-9)16-10-5-12(13)15-6-11(10)17(18)19/h5-9H,2-4,14H2,1H3,(H,15,16). The zero-order valence-corrected chi connectivity index (χ0v) is 12.7. The minimum Gasteiger partial charge on any atom is -0.381 e. The van der Waals surface area contributed by atoms with E-state index in [0.29, 0.717) is 10.3 Å². The van der Waals surface area contributed by atoms with E-state index in [-0.39, 0.29) is 23.9 Å². The van der Waals surface area contributed by atoms with Crippen molar-refractivity contribution in [1.29, 1.82) is 0 Å². The number of nitrogens with one attached hydrogen (secondary N) is 1. The van der Waals surface area contributed by atoms with Gasteiger partial charge < -0.3 is 15.8 Å². The lowest BCUT2D eigenvalue weighted by Gasteiger charge is -2.33. The molecule has 8 heteroatoms. The molecule has 0 aromatic carbocycles. The summed E-state index contributed by atoms with van der Waals surface area (Å²) in [5.41, 5.74) is 6.41. The fourth-order valence-corrected chi connectivity index (χ4v) is 2.85. The van der Waals surface area contributed by atoms with Crippen molar-refractivity contribution in [2.75, 3.05) is 12.4 Å². The normalized spacial score (nSPS) is 26.2. The molecule has 0 bridgehead atoms. The van der Waals surface area contributed by atoms with Gasteiger partial charge in [-0.15, -0.1) is 0 Å². The maximum absolute atomic E-state index is 11.0. The van der Waals surface area contributed by atoms with Gasteiger partial charge in [0.05, 0.1) is 11.0 Å². The van der Waals surface area contributed by atoms with E-state index in [2.05, 4.69) is 26.2 Å². The monoisotopic (exact) mass is 344 g/mol. The second kappa shape index (κ2) is 6.47. The topological polar surface area (TPSA) is 103 Å². The van der Waals surface area contributed by atoms with Gasteiger partial charge in [0.25, 0.3) is 0 Å². The van der Waals surface area contributed by atoms with Gasteiger partial charge in [-0.3, -0.25) is 10.1 Å². The summed E-state index contributed by atoms with van der Waals surface area (Å²) in [6.45, 7) is 0. The van der Waals surface area contributed by atoms with Crippen molar-refractivity contribution < 1.29 is 9.66 Å². The molecule has 20 heavy (non-hydrogen) atoms. The highest BCUT2D eigenvalue weighted by molar-refractivity contribution is 9.10. The van der Waals surface area contributed by atoms with Crippen LogP contribution in [0, 0.1) is 10.1 Å². The van der Waals surface area contributed by atoms with E-state index in [1.807, 2.05) is 0 Å². The first-order chi connectivity index (χ1) is 9.49. The molecule has 0 aliphatic heterocycles. The average Bonchev–Trinajstić information content (AvgIpc) is 2.37. The molecule has 3 unspecified atom stereocenters. The molecule has 1 aromatic rings. The van der Waals surface area contributed by atoms with Gasteiger partial charge >= 0.3 is 5.69 Å². The van der Waals surface area contributed by atoms with Crippen molar-refractivity contribution in [3.63, 3.8) is 0 Å². The SMILES string of the molecule is COC1CC(N)CC(Nc2cc(Br)ncc2[N+](=O)[O-])C1. The Morgan fingerprint density at radius 2 is 2.30 bits per heavy atom. The van der Waals surface area contributed by atoms with Crippen molar-refractivity contribution in [1.82, 2.24) is 4.98 Å². The van der Waals surface area contributed by atoms with E-state index < -0.39 is 4.92 Å². The molecule has 110 valence electrons. The zero-order valence-electron chi connectivity index (χ0n) is 11.1. The number of nitro groups is 1. The maximum Gasteiger partial charge on any atom is 0.310 e. The minimum absolute atomic E-state index is 0.0375. The Bertz CT molecular complexity index is 500. The lowest BCUT2D eigenvalue weighted by atomic mass is 9.89. The zero-order chi connectivity index (χ0) is 14.7. The molecule has 1 saturated carbocycles. The predicted octanol–water partition coefficient (Wildman–Crippen LogP) is 2.06. The quantitative estimate of drug-likeness (QED) is 0.492. The summed E-state index contributed by atoms with van der Waals surface area (Å²) >= 11 is 3.22. The number of hydrogen-bond donors (Lipinski definition) is 2. The van der Waals surface area contributed by atoms with Gasteiger partial charge in [-0.1, -0.05) is 0 Å². The number of nitrogens with zero attached hydrogens (tertiary/aromatic N) is 2. The van der Waals surface area contributed by atoms with Gasteiger partial charge in [-0.2, -0.15) is 0 Å². The van der Waals surface area contributed by atoms with Crippen LogP contribution in [0.4, 0.5) is 11.4 Å². The van der Waals surface area contributed by atoms with Crippen molar-refractivity contribution >= 4 is 27.3 Å². The largest absolute Gasteiger partial charge is 0.381 e. The second-order valence-corrected chi connectivity index (χ2v) is 5.76. The Morgan fingerprint density at radius 3 is 2.95 bits per heavy atom. The summed E-state index contributed by atoms with van der Waals surface area (Å²) in [5, 5.41) is 14.2. The summed E-state index contributed by atoms with van der Waals surface area (Å²) in [4.78, 5) is 14.5. The molecule has 3 N–H and O–H groups in total. The Kier molecular flexibility index (Phi) is 4.90. The summed E-state index contributed by atoms with van der Waals surface area (Å²) in [6, 6.07) is 1.70. The smallest absolute Gasteiger partial charge is 0.310 e. The van der Waals surface area contributed by atoms with E-state index in [4.69, 9.17) is 10.5 Å². The molecule has 0 saturated heterocycles. The third-order valence-electron chi connectivity index (χ3n) is 3.44. The van der Waals surface area contributed by atoms with Gasteiger partial charge in [-0.25, -0.2) is 4.98 Å². The van der Waals surface area contributed by atoms with Gasteiger partial charge in [0.2, 0.25) is 0 Å². The van der Waals surface area contributed by atoms with Gasteiger partial charge in [0.15, 0.2) is 0 Å². The first-order valence-corrected chi connectivity index (χ1v) is 7.13. The van der Waals surface area contributed by atoms with Gasteiger partial charge in [0.1, 0.15) is 16.5 Å². The Balaban J connectivity index is 2.16. The van der Waals surface area contributed by atoms with Crippen LogP contribution >= 0.6 is 15.9 Å². The molecule has 1 fully saturated rings. The van der Waals surface area contributed by atoms with Crippen molar-refractivity contribution in [2.45, 2.75) is 37.5 Å². The summed E-state index contributed by atoms with van der Waals surface area (Å²) < 4.78 is 5.91. The third kappa shape index (κ3) is 3.65. The Hall–Kier alpha value is -1.25. The van der Waals surface area contributed by atoms with E-state index in [1.54, 1.807) is 13.2 Å². The fraction of sp³-hybridized carbons (Fsp3) is 0.583. The van der Waals surface area contributed by atoms with Crippen LogP contribution in [-0.4, -0.2) is 35.2 Å². The molecular weight excluding hydrogens is 328 g/mol. The first-order valence-electron chi connectivity index (χ1n) is 6.34. The van der Waals surface area contributed by atoms with Crippen LogP contribution in [0.2, 0.25) is 0 Å². The molecule has 1 aliphatic carbocycles. The highest BCUT2D eigenvalue weighted by atomic mass is 79.9. The van der Waals surface area contributed by atoms with E-state index in [0.717, 1.165) is 19.3 Å². The van der Waals surface area contributed by atoms with Crippen LogP contribution in [-0.2, 0) is 4.74 Å². The molecule has 1 aliphatic rings. The van der Waals surface area contributed by atoms with E-state index in [9.17, 15) is 10.1 Å². The van der Waals surface area contributed by atoms with Crippen LogP contribution in [0.15, 0.2) is 16.9 Å². The van der Waals surface area contributed by atoms with Crippen LogP contribution in [0.5, 0.6) is 0 Å². The van der Waals surface area contributed by atoms with Crippen LogP contribution in [0.3, 0.4) is 0 Å². The lowest BCUT2D eigenvalue weighted by molar-refractivity contribution is -0.384. The molecule has 2 rings (SSSR count). The molecule has 7 nitrogen and oxygen atoms in total. The highest BCUT2D eigenvalue weighted by Gasteiger charge is 2.28. The Morgan fingerprint density at radius 1 is 1.55 bits per heavy atom. The number of nitrogens with two attached hydrogens (primary N) is 1. The van der Waals surface area contributed by atoms with Crippen molar-refractivity contribution in [3.8, 4) is 0 Å². The number of rotatable bonds is 4. The van der Waals surface area contributed by atoms with Crippen LogP contribution in [0.25, 0.3) is 0 Å². The molecule has 0 radical (unpaired) electrons. The second-order valence-electron chi connectivity index (χ2n) is 4.95. The number of aromatic nitrogens is 1.